The van der Waals surface area contributed by atoms with E-state index in [0.717, 1.165) is 43.9 Å². The molecule has 1 aliphatic heterocycles. The highest BCUT2D eigenvalue weighted by molar-refractivity contribution is 5.72. The Morgan fingerprint density at radius 1 is 0.962 bits per heavy atom. The minimum absolute atomic E-state index is 0.213. The minimum atomic E-state index is 0.213. The molecular formula is C21H22N4O. The van der Waals surface area contributed by atoms with Crippen LogP contribution in [-0.4, -0.2) is 46.4 Å². The predicted octanol–water partition coefficient (Wildman–Crippen LogP) is 2.92. The van der Waals surface area contributed by atoms with E-state index >= 15 is 0 Å². The number of aromatic hydroxyl groups is 1. The van der Waals surface area contributed by atoms with Crippen LogP contribution in [0.15, 0.2) is 60.8 Å². The van der Waals surface area contributed by atoms with Crippen molar-refractivity contribution in [3.63, 3.8) is 0 Å². The Hall–Kier alpha value is -2.76. The van der Waals surface area contributed by atoms with Crippen LogP contribution in [0.4, 0.5) is 0 Å². The molecule has 0 bridgehead atoms. The van der Waals surface area contributed by atoms with Crippen molar-refractivity contribution in [2.24, 2.45) is 0 Å². The first-order valence-corrected chi connectivity index (χ1v) is 8.93. The van der Waals surface area contributed by atoms with Crippen LogP contribution in [0.2, 0.25) is 0 Å². The number of piperazine rings is 1. The lowest BCUT2D eigenvalue weighted by atomic mass is 10.0. The summed E-state index contributed by atoms with van der Waals surface area (Å²) in [7, 11) is 0. The van der Waals surface area contributed by atoms with E-state index in [1.54, 1.807) is 18.3 Å². The average Bonchev–Trinajstić information content (AvgIpc) is 2.70. The molecule has 1 fully saturated rings. The van der Waals surface area contributed by atoms with Crippen LogP contribution < -0.4 is 5.32 Å². The minimum Gasteiger partial charge on any atom is -0.507 e. The van der Waals surface area contributed by atoms with E-state index in [4.69, 9.17) is 0 Å². The number of rotatable bonds is 4. The Bertz CT molecular complexity index is 873. The Morgan fingerprint density at radius 2 is 1.73 bits per heavy atom. The molecule has 0 spiro atoms. The van der Waals surface area contributed by atoms with Crippen LogP contribution in [0.3, 0.4) is 0 Å². The molecule has 5 nitrogen and oxygen atoms in total. The number of nitrogens with one attached hydrogen (secondary N) is 1. The van der Waals surface area contributed by atoms with Crippen molar-refractivity contribution < 1.29 is 5.11 Å². The van der Waals surface area contributed by atoms with E-state index in [-0.39, 0.29) is 5.75 Å². The highest BCUT2D eigenvalue weighted by Gasteiger charge is 2.11. The molecule has 0 unspecified atom stereocenters. The van der Waals surface area contributed by atoms with Gasteiger partial charge < -0.3 is 10.4 Å². The number of para-hydroxylation sites is 1. The molecule has 132 valence electrons. The van der Waals surface area contributed by atoms with Crippen molar-refractivity contribution in [2.45, 2.75) is 6.54 Å². The summed E-state index contributed by atoms with van der Waals surface area (Å²) in [5.41, 5.74) is 4.77. The zero-order valence-corrected chi connectivity index (χ0v) is 14.6. The molecule has 1 aliphatic rings. The molecule has 0 amide bonds. The van der Waals surface area contributed by atoms with Gasteiger partial charge in [-0.25, -0.2) is 0 Å². The molecule has 0 aliphatic carbocycles. The molecule has 0 atom stereocenters. The highest BCUT2D eigenvalue weighted by Crippen LogP contribution is 2.29. The molecule has 2 N–H and O–H groups in total. The number of hydrogen-bond acceptors (Lipinski definition) is 5. The molecule has 1 aromatic heterocycles. The van der Waals surface area contributed by atoms with Gasteiger partial charge in [0.05, 0.1) is 11.9 Å². The summed E-state index contributed by atoms with van der Waals surface area (Å²) in [5.74, 6) is 0.213. The lowest BCUT2D eigenvalue weighted by Gasteiger charge is -2.27. The van der Waals surface area contributed by atoms with Gasteiger partial charge in [-0.3, -0.25) is 4.90 Å². The molecule has 0 saturated carbocycles. The van der Waals surface area contributed by atoms with Crippen LogP contribution in [0, 0.1) is 0 Å². The van der Waals surface area contributed by atoms with Crippen molar-refractivity contribution in [3.8, 4) is 28.1 Å². The molecule has 0 radical (unpaired) electrons. The molecule has 26 heavy (non-hydrogen) atoms. The summed E-state index contributed by atoms with van der Waals surface area (Å²) < 4.78 is 0. The van der Waals surface area contributed by atoms with E-state index in [9.17, 15) is 5.11 Å². The first kappa shape index (κ1) is 16.7. The third-order valence-electron chi connectivity index (χ3n) is 4.74. The standard InChI is InChI=1S/C21H22N4O/c26-21-4-2-1-3-19(21)20-13-18(14-23-24-20)17-7-5-16(6-8-17)15-25-11-9-22-10-12-25/h1-8,13-14,22,26H,9-12,15H2. The number of nitrogens with zero attached hydrogens (tertiary/aromatic N) is 3. The van der Waals surface area contributed by atoms with Crippen molar-refractivity contribution in [1.82, 2.24) is 20.4 Å². The van der Waals surface area contributed by atoms with Crippen LogP contribution in [0.1, 0.15) is 5.56 Å². The monoisotopic (exact) mass is 346 g/mol. The van der Waals surface area contributed by atoms with Gasteiger partial charge in [-0.2, -0.15) is 10.2 Å². The number of hydrogen-bond donors (Lipinski definition) is 2. The average molecular weight is 346 g/mol. The predicted molar refractivity (Wildman–Crippen MR) is 103 cm³/mol. The van der Waals surface area contributed by atoms with Crippen molar-refractivity contribution in [1.29, 1.82) is 0 Å². The summed E-state index contributed by atoms with van der Waals surface area (Å²) in [6.45, 7) is 5.31. The largest absolute Gasteiger partial charge is 0.507 e. The van der Waals surface area contributed by atoms with Gasteiger partial charge in [-0.15, -0.1) is 0 Å². The van der Waals surface area contributed by atoms with Crippen LogP contribution in [0.25, 0.3) is 22.4 Å². The fourth-order valence-corrected chi connectivity index (χ4v) is 3.28. The summed E-state index contributed by atoms with van der Waals surface area (Å²) in [6.07, 6.45) is 1.76. The quantitative estimate of drug-likeness (QED) is 0.761. The fourth-order valence-electron chi connectivity index (χ4n) is 3.28. The maximum Gasteiger partial charge on any atom is 0.125 e. The van der Waals surface area contributed by atoms with Gasteiger partial charge in [0.2, 0.25) is 0 Å². The second kappa shape index (κ2) is 7.64. The van der Waals surface area contributed by atoms with Gasteiger partial charge >= 0.3 is 0 Å². The van der Waals surface area contributed by atoms with E-state index in [0.29, 0.717) is 11.3 Å². The van der Waals surface area contributed by atoms with Crippen LogP contribution in [0.5, 0.6) is 5.75 Å². The van der Waals surface area contributed by atoms with Gasteiger partial charge in [0.15, 0.2) is 0 Å². The summed E-state index contributed by atoms with van der Waals surface area (Å²) in [5, 5.41) is 21.7. The first-order valence-electron chi connectivity index (χ1n) is 8.93. The Kier molecular flexibility index (Phi) is 4.91. The second-order valence-electron chi connectivity index (χ2n) is 6.57. The van der Waals surface area contributed by atoms with Crippen LogP contribution in [-0.2, 0) is 6.54 Å². The van der Waals surface area contributed by atoms with E-state index < -0.39 is 0 Å². The summed E-state index contributed by atoms with van der Waals surface area (Å²) in [6, 6.07) is 17.8. The zero-order chi connectivity index (χ0) is 17.8. The van der Waals surface area contributed by atoms with Crippen LogP contribution >= 0.6 is 0 Å². The van der Waals surface area contributed by atoms with Crippen molar-refractivity contribution >= 4 is 0 Å². The molecule has 2 heterocycles. The fraction of sp³-hybridized carbons (Fsp3) is 0.238. The number of phenolic OH excluding ortho intramolecular Hbond substituents is 1. The SMILES string of the molecule is Oc1ccccc1-c1cc(-c2ccc(CN3CCNCC3)cc2)cnn1. The van der Waals surface area contributed by atoms with E-state index in [1.807, 2.05) is 18.2 Å². The van der Waals surface area contributed by atoms with Gasteiger partial charge in [-0.05, 0) is 29.3 Å². The van der Waals surface area contributed by atoms with Gasteiger partial charge in [-0.1, -0.05) is 36.4 Å². The molecule has 2 aromatic carbocycles. The zero-order valence-electron chi connectivity index (χ0n) is 14.6. The molecular weight excluding hydrogens is 324 g/mol. The number of aromatic nitrogens is 2. The lowest BCUT2D eigenvalue weighted by Crippen LogP contribution is -2.42. The van der Waals surface area contributed by atoms with Gasteiger partial charge in [0, 0.05) is 43.9 Å². The van der Waals surface area contributed by atoms with Gasteiger partial charge in [0.1, 0.15) is 5.75 Å². The van der Waals surface area contributed by atoms with Gasteiger partial charge in [0.25, 0.3) is 0 Å². The molecule has 1 saturated heterocycles. The smallest absolute Gasteiger partial charge is 0.125 e. The second-order valence-corrected chi connectivity index (χ2v) is 6.57. The Labute approximate surface area is 153 Å². The third kappa shape index (κ3) is 3.74. The lowest BCUT2D eigenvalue weighted by molar-refractivity contribution is 0.233. The van der Waals surface area contributed by atoms with E-state index in [2.05, 4.69) is 44.7 Å². The first-order chi connectivity index (χ1) is 12.8. The number of phenols is 1. The van der Waals surface area contributed by atoms with E-state index in [1.165, 1.54) is 5.56 Å². The molecule has 5 heteroatoms. The Morgan fingerprint density at radius 3 is 2.50 bits per heavy atom. The van der Waals surface area contributed by atoms with Crippen molar-refractivity contribution in [2.75, 3.05) is 26.2 Å². The third-order valence-corrected chi connectivity index (χ3v) is 4.74. The van der Waals surface area contributed by atoms with Crippen molar-refractivity contribution in [3.05, 3.63) is 66.4 Å². The Balaban J connectivity index is 1.54. The molecule has 4 rings (SSSR count). The molecule has 3 aromatic rings. The maximum absolute atomic E-state index is 10.0. The number of benzene rings is 2. The summed E-state index contributed by atoms with van der Waals surface area (Å²) in [4.78, 5) is 2.47. The topological polar surface area (TPSA) is 61.3 Å². The summed E-state index contributed by atoms with van der Waals surface area (Å²) >= 11 is 0. The highest BCUT2D eigenvalue weighted by atomic mass is 16.3. The normalized spacial score (nSPS) is 15.1. The maximum atomic E-state index is 10.0.